The highest BCUT2D eigenvalue weighted by Crippen LogP contribution is 2.28. The van der Waals surface area contributed by atoms with Crippen molar-refractivity contribution in [3.8, 4) is 0 Å². The zero-order valence-corrected chi connectivity index (χ0v) is 19.9. The van der Waals surface area contributed by atoms with Crippen molar-refractivity contribution in [1.29, 1.82) is 0 Å². The van der Waals surface area contributed by atoms with E-state index in [9.17, 15) is 21.6 Å². The van der Waals surface area contributed by atoms with Gasteiger partial charge in [-0.1, -0.05) is 18.2 Å². The van der Waals surface area contributed by atoms with Crippen molar-refractivity contribution in [2.45, 2.75) is 37.7 Å². The summed E-state index contributed by atoms with van der Waals surface area (Å²) in [5, 5.41) is 9.60. The van der Waals surface area contributed by atoms with Gasteiger partial charge >= 0.3 is 15.5 Å². The van der Waals surface area contributed by atoms with Gasteiger partial charge in [0.25, 0.3) is 0 Å². The van der Waals surface area contributed by atoms with Crippen LogP contribution < -0.4 is 16.0 Å². The van der Waals surface area contributed by atoms with Crippen LogP contribution in [0.4, 0.5) is 18.9 Å². The summed E-state index contributed by atoms with van der Waals surface area (Å²) in [4.78, 5) is 4.49. The molecule has 0 unspecified atom stereocenters. The maximum Gasteiger partial charge on any atom is 0.511 e. The Morgan fingerprint density at radius 3 is 2.40 bits per heavy atom. The van der Waals surface area contributed by atoms with Crippen LogP contribution >= 0.6 is 24.0 Å². The zero-order chi connectivity index (χ0) is 21.3. The number of hydrogen-bond donors (Lipinski definition) is 3. The Morgan fingerprint density at radius 2 is 1.83 bits per heavy atom. The van der Waals surface area contributed by atoms with Crippen molar-refractivity contribution in [1.82, 2.24) is 14.9 Å². The van der Waals surface area contributed by atoms with Gasteiger partial charge in [0.05, 0.1) is 0 Å². The van der Waals surface area contributed by atoms with E-state index in [1.807, 2.05) is 37.3 Å². The third-order valence-corrected chi connectivity index (χ3v) is 6.11. The number of nitrogens with one attached hydrogen (secondary N) is 3. The number of aliphatic imine (C=N–C) groups is 1. The largest absolute Gasteiger partial charge is 0.511 e. The Bertz CT molecular complexity index is 755. The topological polar surface area (TPSA) is 85.8 Å². The van der Waals surface area contributed by atoms with E-state index < -0.39 is 15.5 Å². The van der Waals surface area contributed by atoms with E-state index in [1.165, 1.54) is 0 Å². The first-order chi connectivity index (χ1) is 13.7. The fraction of sp³-hybridized carbons (Fsp3) is 0.611. The molecule has 0 spiro atoms. The average molecular weight is 563 g/mol. The van der Waals surface area contributed by atoms with Gasteiger partial charge in [0.1, 0.15) is 0 Å². The van der Waals surface area contributed by atoms with E-state index >= 15 is 0 Å². The molecule has 1 fully saturated rings. The van der Waals surface area contributed by atoms with Gasteiger partial charge in [-0.3, -0.25) is 4.99 Å². The summed E-state index contributed by atoms with van der Waals surface area (Å²) in [7, 11) is -5.25. The maximum atomic E-state index is 12.7. The van der Waals surface area contributed by atoms with Gasteiger partial charge in [-0.05, 0) is 38.3 Å². The van der Waals surface area contributed by atoms with Gasteiger partial charge < -0.3 is 16.0 Å². The number of sulfonamides is 1. The SMILES string of the molecule is CCNC(=NCCCNc1ccccc1)NC1CCN(S(=O)(=O)C(F)(F)F)CC1.I. The lowest BCUT2D eigenvalue weighted by Gasteiger charge is -2.32. The maximum absolute atomic E-state index is 12.7. The molecule has 172 valence electrons. The molecule has 30 heavy (non-hydrogen) atoms. The number of benzene rings is 1. The molecule has 2 rings (SSSR count). The van der Waals surface area contributed by atoms with E-state index in [4.69, 9.17) is 0 Å². The number of rotatable bonds is 8. The lowest BCUT2D eigenvalue weighted by Crippen LogP contribution is -2.51. The van der Waals surface area contributed by atoms with Crippen LogP contribution in [0, 0.1) is 0 Å². The number of nitrogens with zero attached hydrogens (tertiary/aromatic N) is 2. The molecule has 12 heteroatoms. The lowest BCUT2D eigenvalue weighted by molar-refractivity contribution is -0.0494. The third-order valence-electron chi connectivity index (χ3n) is 4.48. The summed E-state index contributed by atoms with van der Waals surface area (Å²) < 4.78 is 61.4. The van der Waals surface area contributed by atoms with E-state index in [0.29, 0.717) is 23.4 Å². The molecule has 1 saturated heterocycles. The summed E-state index contributed by atoms with van der Waals surface area (Å²) in [5.41, 5.74) is -4.21. The van der Waals surface area contributed by atoms with E-state index in [1.54, 1.807) is 0 Å². The molecular weight excluding hydrogens is 534 g/mol. The van der Waals surface area contributed by atoms with Crippen LogP contribution in [0.15, 0.2) is 35.3 Å². The Morgan fingerprint density at radius 1 is 1.20 bits per heavy atom. The molecule has 1 aromatic rings. The number of halogens is 4. The molecule has 0 aromatic heterocycles. The smallest absolute Gasteiger partial charge is 0.385 e. The van der Waals surface area contributed by atoms with Crippen molar-refractivity contribution in [3.05, 3.63) is 30.3 Å². The van der Waals surface area contributed by atoms with Crippen LogP contribution in [0.3, 0.4) is 0 Å². The first kappa shape index (κ1) is 26.8. The van der Waals surface area contributed by atoms with E-state index in [2.05, 4.69) is 20.9 Å². The highest BCUT2D eigenvalue weighted by Gasteiger charge is 2.50. The molecular formula is C18H29F3IN5O2S. The molecule has 0 aliphatic carbocycles. The molecule has 0 atom stereocenters. The quantitative estimate of drug-likeness (QED) is 0.196. The van der Waals surface area contributed by atoms with E-state index in [0.717, 1.165) is 18.7 Å². The molecule has 0 bridgehead atoms. The number of alkyl halides is 3. The first-order valence-electron chi connectivity index (χ1n) is 9.64. The van der Waals surface area contributed by atoms with Crippen LogP contribution in [-0.2, 0) is 10.0 Å². The molecule has 0 saturated carbocycles. The molecule has 1 aliphatic heterocycles. The molecule has 3 N–H and O–H groups in total. The predicted molar refractivity (Wildman–Crippen MR) is 124 cm³/mol. The summed E-state index contributed by atoms with van der Waals surface area (Å²) in [6.07, 6.45) is 1.39. The van der Waals surface area contributed by atoms with Crippen molar-refractivity contribution in [2.24, 2.45) is 4.99 Å². The molecule has 0 amide bonds. The third kappa shape index (κ3) is 8.10. The van der Waals surface area contributed by atoms with Crippen molar-refractivity contribution >= 4 is 45.6 Å². The number of anilines is 1. The van der Waals surface area contributed by atoms with Gasteiger partial charge in [-0.25, -0.2) is 8.42 Å². The van der Waals surface area contributed by atoms with Crippen molar-refractivity contribution in [3.63, 3.8) is 0 Å². The number of guanidine groups is 1. The fourth-order valence-corrected chi connectivity index (χ4v) is 3.94. The number of piperidine rings is 1. The summed E-state index contributed by atoms with van der Waals surface area (Å²) in [6, 6.07) is 9.71. The monoisotopic (exact) mass is 563 g/mol. The minimum atomic E-state index is -5.25. The lowest BCUT2D eigenvalue weighted by atomic mass is 10.1. The van der Waals surface area contributed by atoms with E-state index in [-0.39, 0.29) is 55.9 Å². The number of para-hydroxylation sites is 1. The van der Waals surface area contributed by atoms with Gasteiger partial charge in [0.15, 0.2) is 5.96 Å². The predicted octanol–water partition coefficient (Wildman–Crippen LogP) is 2.98. The van der Waals surface area contributed by atoms with Crippen LogP contribution in [0.2, 0.25) is 0 Å². The summed E-state index contributed by atoms with van der Waals surface area (Å²) >= 11 is 0. The standard InChI is InChI=1S/C18H28F3N5O2S.HI/c1-2-22-17(24-12-6-11-23-15-7-4-3-5-8-15)25-16-9-13-26(14-10-16)29(27,28)18(19,20)21;/h3-5,7-8,16,23H,2,6,9-14H2,1H3,(H2,22,24,25);1H. The summed E-state index contributed by atoms with van der Waals surface area (Å²) in [5.74, 6) is 0.587. The Balaban J connectivity index is 0.00000450. The van der Waals surface area contributed by atoms with Crippen molar-refractivity contribution in [2.75, 3.05) is 38.0 Å². The Kier molecular flexibility index (Phi) is 11.2. The second kappa shape index (κ2) is 12.5. The normalized spacial score (nSPS) is 16.6. The first-order valence-corrected chi connectivity index (χ1v) is 11.1. The highest BCUT2D eigenvalue weighted by atomic mass is 127. The van der Waals surface area contributed by atoms with Crippen LogP contribution in [0.5, 0.6) is 0 Å². The number of hydrogen-bond acceptors (Lipinski definition) is 4. The van der Waals surface area contributed by atoms with Gasteiger partial charge in [0.2, 0.25) is 0 Å². The second-order valence-electron chi connectivity index (χ2n) is 6.68. The molecule has 7 nitrogen and oxygen atoms in total. The van der Waals surface area contributed by atoms with Crippen molar-refractivity contribution < 1.29 is 21.6 Å². The zero-order valence-electron chi connectivity index (χ0n) is 16.8. The molecule has 1 aliphatic rings. The Hall–Kier alpha value is -1.28. The fourth-order valence-electron chi connectivity index (χ4n) is 2.96. The van der Waals surface area contributed by atoms with Gasteiger partial charge in [-0.15, -0.1) is 24.0 Å². The average Bonchev–Trinajstić information content (AvgIpc) is 2.68. The minimum absolute atomic E-state index is 0. The molecule has 1 heterocycles. The highest BCUT2D eigenvalue weighted by molar-refractivity contribution is 14.0. The minimum Gasteiger partial charge on any atom is -0.385 e. The summed E-state index contributed by atoms with van der Waals surface area (Å²) in [6.45, 7) is 3.58. The van der Waals surface area contributed by atoms with Crippen LogP contribution in [0.25, 0.3) is 0 Å². The van der Waals surface area contributed by atoms with Gasteiger partial charge in [0, 0.05) is 44.5 Å². The second-order valence-corrected chi connectivity index (χ2v) is 8.60. The molecule has 0 radical (unpaired) electrons. The Labute approximate surface area is 193 Å². The van der Waals surface area contributed by atoms with Crippen LogP contribution in [0.1, 0.15) is 26.2 Å². The van der Waals surface area contributed by atoms with Crippen LogP contribution in [-0.4, -0.2) is 63.0 Å². The van der Waals surface area contributed by atoms with Gasteiger partial charge in [-0.2, -0.15) is 17.5 Å². The molecule has 1 aromatic carbocycles.